The molecule has 0 aliphatic carbocycles. The first-order valence-electron chi connectivity index (χ1n) is 8.04. The molecule has 0 aliphatic rings. The normalized spacial score (nSPS) is 10.3. The van der Waals surface area contributed by atoms with Crippen molar-refractivity contribution < 1.29 is 13.9 Å². The van der Waals surface area contributed by atoms with Crippen molar-refractivity contribution in [3.63, 3.8) is 0 Å². The quantitative estimate of drug-likeness (QED) is 0.709. The van der Waals surface area contributed by atoms with E-state index in [0.717, 1.165) is 6.42 Å². The monoisotopic (exact) mass is 335 g/mol. The van der Waals surface area contributed by atoms with E-state index in [0.29, 0.717) is 23.6 Å². The Morgan fingerprint density at radius 3 is 2.44 bits per heavy atom. The molecule has 0 aliphatic heterocycles. The Balaban J connectivity index is 1.58. The number of carbonyl (C=O) groups is 1. The largest absolute Gasteiger partial charge is 0.493 e. The Bertz CT molecular complexity index is 832. The highest BCUT2D eigenvalue weighted by Crippen LogP contribution is 2.16. The minimum Gasteiger partial charge on any atom is -0.493 e. The van der Waals surface area contributed by atoms with E-state index in [1.54, 1.807) is 18.2 Å². The fourth-order valence-electron chi connectivity index (χ4n) is 2.40. The van der Waals surface area contributed by atoms with Crippen LogP contribution in [-0.4, -0.2) is 12.5 Å². The van der Waals surface area contributed by atoms with Gasteiger partial charge in [0.2, 0.25) is 0 Å². The van der Waals surface area contributed by atoms with Gasteiger partial charge in [-0.25, -0.2) is 4.39 Å². The molecule has 3 rings (SSSR count). The lowest BCUT2D eigenvalue weighted by atomic mass is 10.1. The molecule has 0 spiro atoms. The van der Waals surface area contributed by atoms with Gasteiger partial charge in [-0.3, -0.25) is 4.79 Å². The van der Waals surface area contributed by atoms with Crippen LogP contribution in [0.4, 0.5) is 10.1 Å². The number of halogens is 1. The number of benzene rings is 3. The standard InChI is InChI=1S/C21H18FNO2/c22-18-9-11-19(12-10-18)23-21(24)17-7-4-8-20(15-17)25-14-13-16-5-2-1-3-6-16/h1-12,15H,13-14H2,(H,23,24). The Hall–Kier alpha value is -3.14. The van der Waals surface area contributed by atoms with E-state index in [-0.39, 0.29) is 11.7 Å². The van der Waals surface area contributed by atoms with Crippen molar-refractivity contribution in [1.82, 2.24) is 0 Å². The van der Waals surface area contributed by atoms with Gasteiger partial charge in [-0.05, 0) is 48.0 Å². The van der Waals surface area contributed by atoms with Crippen molar-refractivity contribution in [3.05, 3.63) is 95.8 Å². The van der Waals surface area contributed by atoms with Crippen LogP contribution in [0.15, 0.2) is 78.9 Å². The van der Waals surface area contributed by atoms with Crippen molar-refractivity contribution >= 4 is 11.6 Å². The number of hydrogen-bond acceptors (Lipinski definition) is 2. The van der Waals surface area contributed by atoms with Gasteiger partial charge in [-0.1, -0.05) is 36.4 Å². The molecule has 126 valence electrons. The molecule has 3 aromatic carbocycles. The molecule has 0 atom stereocenters. The van der Waals surface area contributed by atoms with Crippen LogP contribution < -0.4 is 10.1 Å². The molecule has 3 aromatic rings. The summed E-state index contributed by atoms with van der Waals surface area (Å²) in [6, 6.07) is 22.7. The molecule has 0 saturated heterocycles. The molecule has 0 saturated carbocycles. The lowest BCUT2D eigenvalue weighted by Gasteiger charge is -2.09. The topological polar surface area (TPSA) is 38.3 Å². The number of amides is 1. The summed E-state index contributed by atoms with van der Waals surface area (Å²) in [4.78, 5) is 12.3. The summed E-state index contributed by atoms with van der Waals surface area (Å²) in [5.74, 6) is 0.0367. The van der Waals surface area contributed by atoms with Gasteiger partial charge in [-0.2, -0.15) is 0 Å². The first-order valence-corrected chi connectivity index (χ1v) is 8.04. The third kappa shape index (κ3) is 4.91. The van der Waals surface area contributed by atoms with E-state index in [1.807, 2.05) is 24.3 Å². The fraction of sp³-hybridized carbons (Fsp3) is 0.0952. The summed E-state index contributed by atoms with van der Waals surface area (Å²) in [6.45, 7) is 0.535. The fourth-order valence-corrected chi connectivity index (χ4v) is 2.40. The Labute approximate surface area is 146 Å². The van der Waals surface area contributed by atoms with Gasteiger partial charge < -0.3 is 10.1 Å². The van der Waals surface area contributed by atoms with Crippen molar-refractivity contribution in [2.45, 2.75) is 6.42 Å². The van der Waals surface area contributed by atoms with Crippen molar-refractivity contribution in [2.24, 2.45) is 0 Å². The predicted octanol–water partition coefficient (Wildman–Crippen LogP) is 4.70. The molecule has 0 unspecified atom stereocenters. The van der Waals surface area contributed by atoms with Gasteiger partial charge in [0.1, 0.15) is 11.6 Å². The van der Waals surface area contributed by atoms with Gasteiger partial charge in [-0.15, -0.1) is 0 Å². The summed E-state index contributed by atoms with van der Waals surface area (Å²) in [5.41, 5.74) is 2.23. The Morgan fingerprint density at radius 2 is 1.68 bits per heavy atom. The van der Waals surface area contributed by atoms with Gasteiger partial charge in [0, 0.05) is 17.7 Å². The van der Waals surface area contributed by atoms with Crippen LogP contribution in [0.1, 0.15) is 15.9 Å². The summed E-state index contributed by atoms with van der Waals surface area (Å²) >= 11 is 0. The third-order valence-corrected chi connectivity index (χ3v) is 3.70. The average molecular weight is 335 g/mol. The molecule has 0 aromatic heterocycles. The van der Waals surface area contributed by atoms with Gasteiger partial charge in [0.05, 0.1) is 6.61 Å². The zero-order valence-corrected chi connectivity index (χ0v) is 13.6. The minimum absolute atomic E-state index is 0.264. The zero-order chi connectivity index (χ0) is 17.5. The molecule has 3 nitrogen and oxygen atoms in total. The zero-order valence-electron chi connectivity index (χ0n) is 13.6. The highest BCUT2D eigenvalue weighted by atomic mass is 19.1. The van der Waals surface area contributed by atoms with E-state index in [2.05, 4.69) is 17.4 Å². The molecule has 1 amide bonds. The predicted molar refractivity (Wildman–Crippen MR) is 96.4 cm³/mol. The molecule has 0 heterocycles. The van der Waals surface area contributed by atoms with E-state index in [1.165, 1.54) is 29.8 Å². The SMILES string of the molecule is O=C(Nc1ccc(F)cc1)c1cccc(OCCc2ccccc2)c1. The minimum atomic E-state index is -0.341. The van der Waals surface area contributed by atoms with Crippen LogP contribution >= 0.6 is 0 Å². The van der Waals surface area contributed by atoms with Crippen LogP contribution in [0.5, 0.6) is 5.75 Å². The second-order valence-electron chi connectivity index (χ2n) is 5.57. The molecule has 0 radical (unpaired) electrons. The second kappa shape index (κ2) is 8.11. The maximum Gasteiger partial charge on any atom is 0.255 e. The highest BCUT2D eigenvalue weighted by molar-refractivity contribution is 6.04. The smallest absolute Gasteiger partial charge is 0.255 e. The van der Waals surface area contributed by atoms with E-state index >= 15 is 0 Å². The second-order valence-corrected chi connectivity index (χ2v) is 5.57. The van der Waals surface area contributed by atoms with Crippen LogP contribution in [0.2, 0.25) is 0 Å². The molecule has 0 fully saturated rings. The van der Waals surface area contributed by atoms with Crippen LogP contribution in [0.25, 0.3) is 0 Å². The summed E-state index contributed by atoms with van der Waals surface area (Å²) in [7, 11) is 0. The molecular weight excluding hydrogens is 317 g/mol. The summed E-state index contributed by atoms with van der Waals surface area (Å²) < 4.78 is 18.6. The average Bonchev–Trinajstić information content (AvgIpc) is 2.65. The number of rotatable bonds is 6. The number of nitrogens with one attached hydrogen (secondary N) is 1. The van der Waals surface area contributed by atoms with Gasteiger partial charge in [0.15, 0.2) is 0 Å². The summed E-state index contributed by atoms with van der Waals surface area (Å²) in [5, 5.41) is 2.73. The van der Waals surface area contributed by atoms with Crippen molar-refractivity contribution in [1.29, 1.82) is 0 Å². The lowest BCUT2D eigenvalue weighted by molar-refractivity contribution is 0.102. The highest BCUT2D eigenvalue weighted by Gasteiger charge is 2.07. The van der Waals surface area contributed by atoms with E-state index < -0.39 is 0 Å². The van der Waals surface area contributed by atoms with E-state index in [4.69, 9.17) is 4.74 Å². The Morgan fingerprint density at radius 1 is 0.920 bits per heavy atom. The van der Waals surface area contributed by atoms with Crippen molar-refractivity contribution in [3.8, 4) is 5.75 Å². The first-order chi connectivity index (χ1) is 12.2. The number of ether oxygens (including phenoxy) is 1. The lowest BCUT2D eigenvalue weighted by Crippen LogP contribution is -2.12. The maximum absolute atomic E-state index is 12.9. The molecule has 0 bridgehead atoms. The van der Waals surface area contributed by atoms with Gasteiger partial charge >= 0.3 is 0 Å². The molecule has 25 heavy (non-hydrogen) atoms. The van der Waals surface area contributed by atoms with Crippen LogP contribution in [0, 0.1) is 5.82 Å². The maximum atomic E-state index is 12.9. The molecule has 4 heteroatoms. The number of carbonyl (C=O) groups excluding carboxylic acids is 1. The van der Waals surface area contributed by atoms with Crippen LogP contribution in [-0.2, 0) is 6.42 Å². The van der Waals surface area contributed by atoms with Crippen LogP contribution in [0.3, 0.4) is 0 Å². The number of hydrogen-bond donors (Lipinski definition) is 1. The number of anilines is 1. The van der Waals surface area contributed by atoms with E-state index in [9.17, 15) is 9.18 Å². The molecule has 1 N–H and O–H groups in total. The summed E-state index contributed by atoms with van der Waals surface area (Å²) in [6.07, 6.45) is 0.798. The van der Waals surface area contributed by atoms with Gasteiger partial charge in [0.25, 0.3) is 5.91 Å². The first kappa shape index (κ1) is 16.7. The third-order valence-electron chi connectivity index (χ3n) is 3.70. The Kier molecular flexibility index (Phi) is 5.42. The molecular formula is C21H18FNO2. The van der Waals surface area contributed by atoms with Crippen molar-refractivity contribution in [2.75, 3.05) is 11.9 Å².